The summed E-state index contributed by atoms with van der Waals surface area (Å²) in [6, 6.07) is 16.4. The fourth-order valence-corrected chi connectivity index (χ4v) is 1.94. The number of esters is 1. The largest absolute Gasteiger partial charge is 0.490 e. The third kappa shape index (κ3) is 5.73. The minimum Gasteiger partial charge on any atom is -0.490 e. The molecule has 2 aromatic carbocycles. The zero-order valence-corrected chi connectivity index (χ0v) is 12.8. The lowest BCUT2D eigenvalue weighted by Gasteiger charge is -2.11. The van der Waals surface area contributed by atoms with Crippen LogP contribution < -0.4 is 4.74 Å². The average molecular weight is 316 g/mol. The quantitative estimate of drug-likeness (QED) is 0.568. The summed E-state index contributed by atoms with van der Waals surface area (Å²) < 4.78 is 16.0. The molecule has 0 unspecified atom stereocenters. The molecule has 0 spiro atoms. The van der Waals surface area contributed by atoms with Gasteiger partial charge in [-0.25, -0.2) is 4.79 Å². The van der Waals surface area contributed by atoms with Crippen LogP contribution in [0.15, 0.2) is 54.6 Å². The van der Waals surface area contributed by atoms with Crippen molar-refractivity contribution in [3.63, 3.8) is 0 Å². The Kier molecular flexibility index (Phi) is 7.10. The van der Waals surface area contributed by atoms with Gasteiger partial charge in [-0.3, -0.25) is 0 Å². The van der Waals surface area contributed by atoms with Crippen molar-refractivity contribution in [2.75, 3.05) is 26.4 Å². The van der Waals surface area contributed by atoms with Gasteiger partial charge in [0.1, 0.15) is 24.5 Å². The van der Waals surface area contributed by atoms with E-state index in [1.54, 1.807) is 24.3 Å². The molecule has 1 N–H and O–H groups in total. The summed E-state index contributed by atoms with van der Waals surface area (Å²) in [5.74, 6) is 0.0267. The van der Waals surface area contributed by atoms with Gasteiger partial charge >= 0.3 is 5.97 Å². The molecule has 0 amide bonds. The van der Waals surface area contributed by atoms with Gasteiger partial charge in [-0.1, -0.05) is 42.5 Å². The SMILES string of the molecule is O=C(OCc1ccccc1)c1ccccc1OCCOCCO. The molecule has 0 aromatic heterocycles. The van der Waals surface area contributed by atoms with Crippen LogP contribution in [0.3, 0.4) is 0 Å². The van der Waals surface area contributed by atoms with E-state index in [1.807, 2.05) is 30.3 Å². The van der Waals surface area contributed by atoms with Crippen LogP contribution in [0, 0.1) is 0 Å². The first kappa shape index (κ1) is 17.0. The summed E-state index contributed by atoms with van der Waals surface area (Å²) in [5.41, 5.74) is 1.31. The molecule has 0 bridgehead atoms. The van der Waals surface area contributed by atoms with Crippen molar-refractivity contribution in [3.8, 4) is 5.75 Å². The van der Waals surface area contributed by atoms with E-state index in [2.05, 4.69) is 0 Å². The molecule has 0 atom stereocenters. The maximum Gasteiger partial charge on any atom is 0.342 e. The minimum absolute atomic E-state index is 0.0254. The molecule has 0 radical (unpaired) electrons. The Labute approximate surface area is 135 Å². The Morgan fingerprint density at radius 3 is 2.43 bits per heavy atom. The van der Waals surface area contributed by atoms with Crippen molar-refractivity contribution in [2.24, 2.45) is 0 Å². The highest BCUT2D eigenvalue weighted by atomic mass is 16.5. The molecule has 0 aliphatic heterocycles. The number of para-hydroxylation sites is 1. The highest BCUT2D eigenvalue weighted by molar-refractivity contribution is 5.92. The first-order chi connectivity index (χ1) is 11.3. The van der Waals surface area contributed by atoms with Gasteiger partial charge in [0.05, 0.1) is 19.8 Å². The van der Waals surface area contributed by atoms with Gasteiger partial charge in [0, 0.05) is 0 Å². The summed E-state index contributed by atoms with van der Waals surface area (Å²) in [5, 5.41) is 8.63. The molecule has 0 heterocycles. The molecule has 23 heavy (non-hydrogen) atoms. The summed E-state index contributed by atoms with van der Waals surface area (Å²) in [6.07, 6.45) is 0. The van der Waals surface area contributed by atoms with Crippen molar-refractivity contribution in [1.82, 2.24) is 0 Å². The molecule has 5 heteroatoms. The van der Waals surface area contributed by atoms with Gasteiger partial charge in [0.2, 0.25) is 0 Å². The number of aliphatic hydroxyl groups excluding tert-OH is 1. The third-order valence-corrected chi connectivity index (χ3v) is 3.04. The number of aliphatic hydroxyl groups is 1. The molecule has 0 aliphatic carbocycles. The first-order valence-electron chi connectivity index (χ1n) is 7.42. The van der Waals surface area contributed by atoms with Crippen LogP contribution in [0.4, 0.5) is 0 Å². The molecule has 5 nitrogen and oxygen atoms in total. The van der Waals surface area contributed by atoms with E-state index in [9.17, 15) is 4.79 Å². The lowest BCUT2D eigenvalue weighted by atomic mass is 10.2. The second kappa shape index (κ2) is 9.61. The minimum atomic E-state index is -0.430. The Hall–Kier alpha value is -2.37. The van der Waals surface area contributed by atoms with Gasteiger partial charge in [-0.15, -0.1) is 0 Å². The summed E-state index contributed by atoms with van der Waals surface area (Å²) >= 11 is 0. The van der Waals surface area contributed by atoms with Crippen LogP contribution in [0.2, 0.25) is 0 Å². The molecule has 122 valence electrons. The van der Waals surface area contributed by atoms with E-state index in [4.69, 9.17) is 19.3 Å². The molecular weight excluding hydrogens is 296 g/mol. The zero-order valence-electron chi connectivity index (χ0n) is 12.8. The normalized spacial score (nSPS) is 10.3. The molecular formula is C18H20O5. The Morgan fingerprint density at radius 2 is 1.65 bits per heavy atom. The van der Waals surface area contributed by atoms with Crippen LogP contribution in [-0.4, -0.2) is 37.5 Å². The predicted molar refractivity (Wildman–Crippen MR) is 85.4 cm³/mol. The second-order valence-electron chi connectivity index (χ2n) is 4.74. The number of carbonyl (C=O) groups excluding carboxylic acids is 1. The molecule has 0 fully saturated rings. The summed E-state index contributed by atoms with van der Waals surface area (Å²) in [7, 11) is 0. The van der Waals surface area contributed by atoms with E-state index in [0.29, 0.717) is 24.5 Å². The molecule has 0 aliphatic rings. The van der Waals surface area contributed by atoms with Gasteiger partial charge in [0.25, 0.3) is 0 Å². The zero-order chi connectivity index (χ0) is 16.3. The van der Waals surface area contributed by atoms with Crippen LogP contribution in [-0.2, 0) is 16.1 Å². The van der Waals surface area contributed by atoms with Crippen LogP contribution in [0.25, 0.3) is 0 Å². The maximum absolute atomic E-state index is 12.2. The predicted octanol–water partition coefficient (Wildman–Crippen LogP) is 2.43. The number of rotatable bonds is 9. The van der Waals surface area contributed by atoms with Crippen LogP contribution in [0.5, 0.6) is 5.75 Å². The van der Waals surface area contributed by atoms with Gasteiger partial charge < -0.3 is 19.3 Å². The fraction of sp³-hybridized carbons (Fsp3) is 0.278. The van der Waals surface area contributed by atoms with Gasteiger partial charge in [0.15, 0.2) is 0 Å². The van der Waals surface area contributed by atoms with E-state index in [0.717, 1.165) is 5.56 Å². The molecule has 2 rings (SSSR count). The number of ether oxygens (including phenoxy) is 3. The summed E-state index contributed by atoms with van der Waals surface area (Å²) in [4.78, 5) is 12.2. The topological polar surface area (TPSA) is 65.0 Å². The van der Waals surface area contributed by atoms with Crippen molar-refractivity contribution < 1.29 is 24.1 Å². The lowest BCUT2D eigenvalue weighted by Crippen LogP contribution is -2.12. The number of hydrogen-bond acceptors (Lipinski definition) is 5. The van der Waals surface area contributed by atoms with Crippen LogP contribution >= 0.6 is 0 Å². The monoisotopic (exact) mass is 316 g/mol. The first-order valence-corrected chi connectivity index (χ1v) is 7.42. The van der Waals surface area contributed by atoms with Crippen molar-refractivity contribution >= 4 is 5.97 Å². The van der Waals surface area contributed by atoms with E-state index >= 15 is 0 Å². The molecule has 2 aromatic rings. The molecule has 0 saturated heterocycles. The standard InChI is InChI=1S/C18H20O5/c19-10-11-21-12-13-22-17-9-5-4-8-16(17)18(20)23-14-15-6-2-1-3-7-15/h1-9,19H,10-14H2. The van der Waals surface area contributed by atoms with Gasteiger partial charge in [-0.05, 0) is 17.7 Å². The maximum atomic E-state index is 12.2. The molecule has 0 saturated carbocycles. The highest BCUT2D eigenvalue weighted by Crippen LogP contribution is 2.19. The van der Waals surface area contributed by atoms with E-state index in [-0.39, 0.29) is 19.8 Å². The smallest absolute Gasteiger partial charge is 0.342 e. The summed E-state index contributed by atoms with van der Waals surface area (Å²) in [6.45, 7) is 1.09. The van der Waals surface area contributed by atoms with Gasteiger partial charge in [-0.2, -0.15) is 0 Å². The van der Waals surface area contributed by atoms with Crippen molar-refractivity contribution in [1.29, 1.82) is 0 Å². The Balaban J connectivity index is 1.89. The fourth-order valence-electron chi connectivity index (χ4n) is 1.94. The second-order valence-corrected chi connectivity index (χ2v) is 4.74. The third-order valence-electron chi connectivity index (χ3n) is 3.04. The highest BCUT2D eigenvalue weighted by Gasteiger charge is 2.13. The van der Waals surface area contributed by atoms with Crippen molar-refractivity contribution in [3.05, 3.63) is 65.7 Å². The Morgan fingerprint density at radius 1 is 0.913 bits per heavy atom. The van der Waals surface area contributed by atoms with E-state index < -0.39 is 5.97 Å². The van der Waals surface area contributed by atoms with Crippen LogP contribution in [0.1, 0.15) is 15.9 Å². The van der Waals surface area contributed by atoms with Crippen molar-refractivity contribution in [2.45, 2.75) is 6.61 Å². The lowest BCUT2D eigenvalue weighted by molar-refractivity contribution is 0.0461. The number of benzene rings is 2. The number of hydrogen-bond donors (Lipinski definition) is 1. The van der Waals surface area contributed by atoms with E-state index in [1.165, 1.54) is 0 Å². The number of carbonyl (C=O) groups is 1. The Bertz CT molecular complexity index is 597. The average Bonchev–Trinajstić information content (AvgIpc) is 2.61.